The molecule has 5 heteroatoms. The molecule has 1 aromatic rings. The molecule has 0 aliphatic rings. The number of aromatic carboxylic acids is 1. The molecule has 0 amide bonds. The van der Waals surface area contributed by atoms with Crippen LogP contribution in [0.2, 0.25) is 0 Å². The van der Waals surface area contributed by atoms with Crippen molar-refractivity contribution in [1.82, 2.24) is 0 Å². The zero-order valence-corrected chi connectivity index (χ0v) is 17.4. The lowest BCUT2D eigenvalue weighted by atomic mass is 9.86. The van der Waals surface area contributed by atoms with Crippen LogP contribution in [0.4, 0.5) is 0 Å². The van der Waals surface area contributed by atoms with Crippen molar-refractivity contribution in [3.05, 3.63) is 22.3 Å². The van der Waals surface area contributed by atoms with Crippen LogP contribution in [0.1, 0.15) is 99.7 Å². The standard InChI is InChI=1S/C22H36O5/c1-5-9-12-16-17(13-10-6-2)19(22(24)25)20(23)21(27-26-15-8-4)18(16)14-11-7-3/h23H,5-15H2,1-4H3,(H,24,25). The monoisotopic (exact) mass is 380 g/mol. The van der Waals surface area contributed by atoms with E-state index in [-0.39, 0.29) is 17.1 Å². The molecule has 0 bridgehead atoms. The Kier molecular flexibility index (Phi) is 10.9. The average Bonchev–Trinajstić information content (AvgIpc) is 2.64. The maximum Gasteiger partial charge on any atom is 0.339 e. The van der Waals surface area contributed by atoms with E-state index in [4.69, 9.17) is 9.78 Å². The van der Waals surface area contributed by atoms with Crippen molar-refractivity contribution < 1.29 is 24.8 Å². The molecule has 0 saturated heterocycles. The van der Waals surface area contributed by atoms with Crippen molar-refractivity contribution in [3.63, 3.8) is 0 Å². The summed E-state index contributed by atoms with van der Waals surface area (Å²) in [4.78, 5) is 22.7. The summed E-state index contributed by atoms with van der Waals surface area (Å²) in [6, 6.07) is 0. The molecular weight excluding hydrogens is 344 g/mol. The van der Waals surface area contributed by atoms with Gasteiger partial charge in [-0.2, -0.15) is 4.89 Å². The van der Waals surface area contributed by atoms with Crippen LogP contribution in [0.5, 0.6) is 11.5 Å². The highest BCUT2D eigenvalue weighted by molar-refractivity contribution is 5.94. The number of carbonyl (C=O) groups is 1. The maximum absolute atomic E-state index is 12.0. The Hall–Kier alpha value is -1.75. The van der Waals surface area contributed by atoms with Crippen molar-refractivity contribution in [1.29, 1.82) is 0 Å². The summed E-state index contributed by atoms with van der Waals surface area (Å²) in [7, 11) is 0. The van der Waals surface area contributed by atoms with Crippen molar-refractivity contribution >= 4 is 5.97 Å². The minimum Gasteiger partial charge on any atom is -0.504 e. The summed E-state index contributed by atoms with van der Waals surface area (Å²) in [5.74, 6) is -1.21. The van der Waals surface area contributed by atoms with Gasteiger partial charge >= 0.3 is 5.97 Å². The van der Waals surface area contributed by atoms with Crippen LogP contribution in [-0.4, -0.2) is 22.8 Å². The summed E-state index contributed by atoms with van der Waals surface area (Å²) in [5.41, 5.74) is 2.69. The van der Waals surface area contributed by atoms with E-state index in [0.29, 0.717) is 13.0 Å². The topological polar surface area (TPSA) is 76.0 Å². The maximum atomic E-state index is 12.0. The van der Waals surface area contributed by atoms with E-state index in [1.165, 1.54) is 0 Å². The SMILES string of the molecule is CCCCc1c(CCCC)c(OOCCC)c(O)c(C(=O)O)c1CCCC. The van der Waals surface area contributed by atoms with Gasteiger partial charge < -0.3 is 15.1 Å². The average molecular weight is 381 g/mol. The van der Waals surface area contributed by atoms with Gasteiger partial charge in [0.25, 0.3) is 0 Å². The fraction of sp³-hybridized carbons (Fsp3) is 0.682. The highest BCUT2D eigenvalue weighted by Gasteiger charge is 2.28. The quantitative estimate of drug-likeness (QED) is 0.241. The third kappa shape index (κ3) is 6.42. The lowest BCUT2D eigenvalue weighted by Gasteiger charge is -2.22. The number of phenols is 1. The number of aromatic hydroxyl groups is 1. The molecule has 0 atom stereocenters. The van der Waals surface area contributed by atoms with Crippen LogP contribution >= 0.6 is 0 Å². The summed E-state index contributed by atoms with van der Waals surface area (Å²) >= 11 is 0. The molecule has 154 valence electrons. The molecule has 0 saturated carbocycles. The Bertz CT molecular complexity index is 595. The van der Waals surface area contributed by atoms with Gasteiger partial charge in [-0.25, -0.2) is 4.79 Å². The number of carboxylic acids is 1. The first-order valence-corrected chi connectivity index (χ1v) is 10.4. The minimum atomic E-state index is -1.11. The Morgan fingerprint density at radius 1 is 0.815 bits per heavy atom. The van der Waals surface area contributed by atoms with Crippen molar-refractivity contribution in [2.24, 2.45) is 0 Å². The summed E-state index contributed by atoms with van der Waals surface area (Å²) in [6.45, 7) is 8.67. The molecule has 5 nitrogen and oxygen atoms in total. The normalized spacial score (nSPS) is 11.0. The van der Waals surface area contributed by atoms with Crippen LogP contribution in [0.15, 0.2) is 0 Å². The Morgan fingerprint density at radius 2 is 1.33 bits per heavy atom. The molecule has 0 radical (unpaired) electrons. The Morgan fingerprint density at radius 3 is 1.81 bits per heavy atom. The zero-order valence-electron chi connectivity index (χ0n) is 17.4. The second-order valence-electron chi connectivity index (χ2n) is 7.01. The summed E-state index contributed by atoms with van der Waals surface area (Å²) in [5, 5.41) is 20.6. The van der Waals surface area contributed by atoms with Gasteiger partial charge in [-0.15, -0.1) is 0 Å². The minimum absolute atomic E-state index is 0.0232. The number of benzene rings is 1. The predicted molar refractivity (Wildman–Crippen MR) is 108 cm³/mol. The van der Waals surface area contributed by atoms with Gasteiger partial charge in [-0.1, -0.05) is 47.0 Å². The molecule has 27 heavy (non-hydrogen) atoms. The lowest BCUT2D eigenvalue weighted by molar-refractivity contribution is -0.207. The number of hydrogen-bond donors (Lipinski definition) is 2. The van der Waals surface area contributed by atoms with E-state index >= 15 is 0 Å². The second kappa shape index (κ2) is 12.6. The van der Waals surface area contributed by atoms with Gasteiger partial charge in [0.05, 0.1) is 6.61 Å². The van der Waals surface area contributed by atoms with E-state index in [2.05, 4.69) is 20.8 Å². The number of unbranched alkanes of at least 4 members (excludes halogenated alkanes) is 3. The largest absolute Gasteiger partial charge is 0.504 e. The number of carboxylic acid groups (broad SMARTS) is 1. The van der Waals surface area contributed by atoms with Crippen molar-refractivity contribution in [2.45, 2.75) is 91.9 Å². The summed E-state index contributed by atoms with van der Waals surface area (Å²) in [6.07, 6.45) is 8.76. The van der Waals surface area contributed by atoms with Gasteiger partial charge in [0, 0.05) is 5.56 Å². The molecule has 0 aromatic heterocycles. The molecule has 0 unspecified atom stereocenters. The zero-order chi connectivity index (χ0) is 20.2. The fourth-order valence-corrected chi connectivity index (χ4v) is 3.28. The summed E-state index contributed by atoms with van der Waals surface area (Å²) < 4.78 is 0. The molecule has 0 heterocycles. The van der Waals surface area contributed by atoms with E-state index in [1.807, 2.05) is 6.92 Å². The fourth-order valence-electron chi connectivity index (χ4n) is 3.28. The van der Waals surface area contributed by atoms with Gasteiger partial charge in [-0.3, -0.25) is 0 Å². The van der Waals surface area contributed by atoms with Crippen LogP contribution in [-0.2, 0) is 24.2 Å². The van der Waals surface area contributed by atoms with Gasteiger partial charge in [0.15, 0.2) is 5.75 Å². The van der Waals surface area contributed by atoms with Crippen LogP contribution < -0.4 is 4.89 Å². The second-order valence-corrected chi connectivity index (χ2v) is 7.01. The molecular formula is C22H36O5. The first kappa shape index (κ1) is 23.3. The van der Waals surface area contributed by atoms with E-state index < -0.39 is 5.97 Å². The highest BCUT2D eigenvalue weighted by atomic mass is 17.2. The molecule has 0 fully saturated rings. The van der Waals surface area contributed by atoms with Crippen molar-refractivity contribution in [2.75, 3.05) is 6.61 Å². The first-order chi connectivity index (χ1) is 13.0. The molecule has 1 rings (SSSR count). The van der Waals surface area contributed by atoms with Crippen molar-refractivity contribution in [3.8, 4) is 11.5 Å². The molecule has 2 N–H and O–H groups in total. The number of rotatable bonds is 14. The van der Waals surface area contributed by atoms with Gasteiger partial charge in [0.1, 0.15) is 5.56 Å². The van der Waals surface area contributed by atoms with E-state index in [0.717, 1.165) is 74.5 Å². The Balaban J connectivity index is 3.61. The first-order valence-electron chi connectivity index (χ1n) is 10.4. The molecule has 0 aliphatic heterocycles. The molecule has 1 aromatic carbocycles. The van der Waals surface area contributed by atoms with Crippen LogP contribution in [0.3, 0.4) is 0 Å². The van der Waals surface area contributed by atoms with Crippen LogP contribution in [0, 0.1) is 0 Å². The molecule has 0 aliphatic carbocycles. The van der Waals surface area contributed by atoms with E-state index in [9.17, 15) is 15.0 Å². The van der Waals surface area contributed by atoms with Gasteiger partial charge in [-0.05, 0) is 56.1 Å². The predicted octanol–water partition coefficient (Wildman–Crippen LogP) is 5.84. The number of hydrogen-bond acceptors (Lipinski definition) is 4. The highest BCUT2D eigenvalue weighted by Crippen LogP contribution is 2.42. The third-order valence-corrected chi connectivity index (χ3v) is 4.74. The molecule has 0 spiro atoms. The van der Waals surface area contributed by atoms with E-state index in [1.54, 1.807) is 0 Å². The van der Waals surface area contributed by atoms with Crippen LogP contribution in [0.25, 0.3) is 0 Å². The smallest absolute Gasteiger partial charge is 0.339 e. The third-order valence-electron chi connectivity index (χ3n) is 4.74. The van der Waals surface area contributed by atoms with Gasteiger partial charge in [0.2, 0.25) is 5.75 Å². The lowest BCUT2D eigenvalue weighted by Crippen LogP contribution is -2.13. The Labute approximate surface area is 163 Å².